The quantitative estimate of drug-likeness (QED) is 0.773. The molecule has 1 saturated carbocycles. The van der Waals surface area contributed by atoms with Gasteiger partial charge in [0, 0.05) is 24.2 Å². The zero-order valence-electron chi connectivity index (χ0n) is 14.1. The summed E-state index contributed by atoms with van der Waals surface area (Å²) >= 11 is 0. The SMILES string of the molecule is Nc1ncc(Cc2ccc(C(F)(F)F)cc2)c(N[C@H]2CC[C@H](O)CC2)n1. The van der Waals surface area contributed by atoms with E-state index in [4.69, 9.17) is 5.73 Å². The number of nitrogens with one attached hydrogen (secondary N) is 1. The van der Waals surface area contributed by atoms with Gasteiger partial charge in [-0.05, 0) is 43.4 Å². The fraction of sp³-hybridized carbons (Fsp3) is 0.444. The standard InChI is InChI=1S/C18H21F3N4O/c19-18(20,21)13-3-1-11(2-4-13)9-12-10-23-17(22)25-16(12)24-14-5-7-15(26)8-6-14/h1-4,10,14-15,26H,5-9H2,(H3,22,23,24,25)/t14-,15-. The number of alkyl halides is 3. The third-order valence-corrected chi connectivity index (χ3v) is 4.60. The second-order valence-electron chi connectivity index (χ2n) is 6.62. The van der Waals surface area contributed by atoms with Crippen molar-refractivity contribution in [2.24, 2.45) is 0 Å². The molecule has 1 heterocycles. The normalized spacial score (nSPS) is 20.8. The number of aromatic nitrogens is 2. The summed E-state index contributed by atoms with van der Waals surface area (Å²) in [5.74, 6) is 0.735. The highest BCUT2D eigenvalue weighted by Crippen LogP contribution is 2.30. The Morgan fingerprint density at radius 1 is 1.12 bits per heavy atom. The molecule has 2 aromatic rings. The zero-order chi connectivity index (χ0) is 18.7. The summed E-state index contributed by atoms with van der Waals surface area (Å²) < 4.78 is 38.0. The lowest BCUT2D eigenvalue weighted by Crippen LogP contribution is -2.29. The maximum absolute atomic E-state index is 12.7. The minimum absolute atomic E-state index is 0.138. The average molecular weight is 366 g/mol. The van der Waals surface area contributed by atoms with Crippen molar-refractivity contribution < 1.29 is 18.3 Å². The number of nitrogens with two attached hydrogens (primary N) is 1. The van der Waals surface area contributed by atoms with E-state index in [2.05, 4.69) is 15.3 Å². The smallest absolute Gasteiger partial charge is 0.393 e. The van der Waals surface area contributed by atoms with E-state index in [0.29, 0.717) is 12.2 Å². The first-order valence-electron chi connectivity index (χ1n) is 8.53. The molecule has 0 unspecified atom stereocenters. The number of hydrogen-bond acceptors (Lipinski definition) is 5. The fourth-order valence-electron chi connectivity index (χ4n) is 3.12. The van der Waals surface area contributed by atoms with Crippen molar-refractivity contribution in [3.8, 4) is 0 Å². The van der Waals surface area contributed by atoms with Crippen LogP contribution in [0.4, 0.5) is 24.9 Å². The van der Waals surface area contributed by atoms with Crippen molar-refractivity contribution in [2.75, 3.05) is 11.1 Å². The number of halogens is 3. The number of benzene rings is 1. The molecule has 0 bridgehead atoms. The van der Waals surface area contributed by atoms with Crippen LogP contribution in [0.2, 0.25) is 0 Å². The molecule has 0 amide bonds. The Bertz CT molecular complexity index is 741. The molecule has 0 saturated heterocycles. The topological polar surface area (TPSA) is 84.1 Å². The Labute approximate surface area is 149 Å². The van der Waals surface area contributed by atoms with Gasteiger partial charge in [0.15, 0.2) is 0 Å². The van der Waals surface area contributed by atoms with Crippen LogP contribution < -0.4 is 11.1 Å². The van der Waals surface area contributed by atoms with E-state index in [1.807, 2.05) is 0 Å². The molecule has 26 heavy (non-hydrogen) atoms. The van der Waals surface area contributed by atoms with Crippen LogP contribution in [0.1, 0.15) is 42.4 Å². The van der Waals surface area contributed by atoms with Crippen LogP contribution in [0.25, 0.3) is 0 Å². The maximum atomic E-state index is 12.7. The average Bonchev–Trinajstić information content (AvgIpc) is 2.59. The highest BCUT2D eigenvalue weighted by molar-refractivity contribution is 5.49. The van der Waals surface area contributed by atoms with Gasteiger partial charge in [-0.1, -0.05) is 12.1 Å². The van der Waals surface area contributed by atoms with Gasteiger partial charge in [0.05, 0.1) is 11.7 Å². The first kappa shape index (κ1) is 18.4. The van der Waals surface area contributed by atoms with Crippen LogP contribution >= 0.6 is 0 Å². The molecule has 0 atom stereocenters. The maximum Gasteiger partial charge on any atom is 0.416 e. The van der Waals surface area contributed by atoms with Gasteiger partial charge in [0.1, 0.15) is 5.82 Å². The summed E-state index contributed by atoms with van der Waals surface area (Å²) in [7, 11) is 0. The summed E-state index contributed by atoms with van der Waals surface area (Å²) in [6, 6.07) is 5.24. The van der Waals surface area contributed by atoms with Gasteiger partial charge in [-0.25, -0.2) is 4.98 Å². The molecule has 1 aromatic heterocycles. The monoisotopic (exact) mass is 366 g/mol. The van der Waals surface area contributed by atoms with E-state index in [1.165, 1.54) is 12.1 Å². The second-order valence-corrected chi connectivity index (χ2v) is 6.62. The van der Waals surface area contributed by atoms with E-state index in [1.54, 1.807) is 6.20 Å². The van der Waals surface area contributed by atoms with Crippen LogP contribution in [0.15, 0.2) is 30.5 Å². The summed E-state index contributed by atoms with van der Waals surface area (Å²) in [5.41, 5.74) is 6.51. The number of nitrogen functional groups attached to an aromatic ring is 1. The molecule has 5 nitrogen and oxygen atoms in total. The number of hydrogen-bond donors (Lipinski definition) is 3. The lowest BCUT2D eigenvalue weighted by molar-refractivity contribution is -0.137. The molecule has 0 aliphatic heterocycles. The summed E-state index contributed by atoms with van der Waals surface area (Å²) in [4.78, 5) is 8.26. The Morgan fingerprint density at radius 2 is 1.77 bits per heavy atom. The number of aliphatic hydroxyl groups excluding tert-OH is 1. The van der Waals surface area contributed by atoms with E-state index < -0.39 is 11.7 Å². The van der Waals surface area contributed by atoms with Crippen LogP contribution in [-0.2, 0) is 12.6 Å². The molecule has 4 N–H and O–H groups in total. The number of rotatable bonds is 4. The molecule has 0 radical (unpaired) electrons. The second kappa shape index (κ2) is 7.49. The van der Waals surface area contributed by atoms with Crippen molar-refractivity contribution in [1.82, 2.24) is 9.97 Å². The molecule has 1 fully saturated rings. The highest BCUT2D eigenvalue weighted by Gasteiger charge is 2.30. The van der Waals surface area contributed by atoms with E-state index in [9.17, 15) is 18.3 Å². The molecule has 1 aliphatic carbocycles. The zero-order valence-corrected chi connectivity index (χ0v) is 14.1. The van der Waals surface area contributed by atoms with Crippen molar-refractivity contribution >= 4 is 11.8 Å². The van der Waals surface area contributed by atoms with Crippen molar-refractivity contribution in [3.63, 3.8) is 0 Å². The van der Waals surface area contributed by atoms with Gasteiger partial charge in [-0.15, -0.1) is 0 Å². The van der Waals surface area contributed by atoms with Crippen LogP contribution in [0.3, 0.4) is 0 Å². The minimum Gasteiger partial charge on any atom is -0.393 e. The molecule has 1 aromatic carbocycles. The summed E-state index contributed by atoms with van der Waals surface area (Å²) in [5, 5.41) is 13.0. The molecule has 0 spiro atoms. The first-order valence-corrected chi connectivity index (χ1v) is 8.53. The van der Waals surface area contributed by atoms with E-state index >= 15 is 0 Å². The molecule has 1 aliphatic rings. The predicted octanol–water partition coefficient (Wildman–Crippen LogP) is 3.38. The number of aliphatic hydroxyl groups is 1. The Balaban J connectivity index is 1.75. The van der Waals surface area contributed by atoms with Crippen molar-refractivity contribution in [2.45, 2.75) is 50.4 Å². The summed E-state index contributed by atoms with van der Waals surface area (Å²) in [6.45, 7) is 0. The number of nitrogens with zero attached hydrogens (tertiary/aromatic N) is 2. The van der Waals surface area contributed by atoms with E-state index in [-0.39, 0.29) is 18.1 Å². The first-order chi connectivity index (χ1) is 12.3. The van der Waals surface area contributed by atoms with Gasteiger partial charge in [-0.3, -0.25) is 0 Å². The van der Waals surface area contributed by atoms with Gasteiger partial charge >= 0.3 is 6.18 Å². The number of anilines is 2. The minimum atomic E-state index is -4.35. The Kier molecular flexibility index (Phi) is 5.31. The molecule has 3 rings (SSSR count). The van der Waals surface area contributed by atoms with Gasteiger partial charge in [0.2, 0.25) is 5.95 Å². The van der Waals surface area contributed by atoms with Gasteiger partial charge in [0.25, 0.3) is 0 Å². The Hall–Kier alpha value is -2.35. The Morgan fingerprint density at radius 3 is 2.38 bits per heavy atom. The molecule has 8 heteroatoms. The lowest BCUT2D eigenvalue weighted by Gasteiger charge is -2.27. The lowest BCUT2D eigenvalue weighted by atomic mass is 9.93. The van der Waals surface area contributed by atoms with Crippen LogP contribution in [0, 0.1) is 0 Å². The third-order valence-electron chi connectivity index (χ3n) is 4.60. The molecular weight excluding hydrogens is 345 g/mol. The van der Waals surface area contributed by atoms with Crippen molar-refractivity contribution in [1.29, 1.82) is 0 Å². The molecular formula is C18H21F3N4O. The summed E-state index contributed by atoms with van der Waals surface area (Å²) in [6.07, 6.45) is 0.501. The van der Waals surface area contributed by atoms with Gasteiger partial charge in [-0.2, -0.15) is 18.2 Å². The largest absolute Gasteiger partial charge is 0.416 e. The highest BCUT2D eigenvalue weighted by atomic mass is 19.4. The molecule has 140 valence electrons. The third kappa shape index (κ3) is 4.63. The van der Waals surface area contributed by atoms with Gasteiger partial charge < -0.3 is 16.2 Å². The van der Waals surface area contributed by atoms with Crippen LogP contribution in [0.5, 0.6) is 0 Å². The fourth-order valence-corrected chi connectivity index (χ4v) is 3.12. The van der Waals surface area contributed by atoms with Crippen LogP contribution in [-0.4, -0.2) is 27.2 Å². The van der Waals surface area contributed by atoms with Crippen molar-refractivity contribution in [3.05, 3.63) is 47.2 Å². The predicted molar refractivity (Wildman–Crippen MR) is 92.6 cm³/mol. The van der Waals surface area contributed by atoms with E-state index in [0.717, 1.165) is 48.9 Å².